The maximum absolute atomic E-state index is 13.3. The van der Waals surface area contributed by atoms with Gasteiger partial charge in [-0.25, -0.2) is 4.79 Å². The molecule has 4 nitrogen and oxygen atoms in total. The lowest BCUT2D eigenvalue weighted by Crippen LogP contribution is -2.16. The molecule has 0 bridgehead atoms. The van der Waals surface area contributed by atoms with E-state index in [1.165, 1.54) is 0 Å². The summed E-state index contributed by atoms with van der Waals surface area (Å²) in [6, 6.07) is 10.3. The van der Waals surface area contributed by atoms with Crippen molar-refractivity contribution in [2.75, 3.05) is 6.61 Å². The van der Waals surface area contributed by atoms with Gasteiger partial charge in [0.25, 0.3) is 0 Å². The Hall–Kier alpha value is -2.83. The molecule has 0 aliphatic heterocycles. The number of ketones is 1. The summed E-state index contributed by atoms with van der Waals surface area (Å²) in [7, 11) is 0. The van der Waals surface area contributed by atoms with E-state index in [1.54, 1.807) is 37.3 Å². The Bertz CT molecular complexity index is 798. The molecule has 2 aromatic rings. The van der Waals surface area contributed by atoms with Crippen molar-refractivity contribution in [1.29, 1.82) is 0 Å². The number of Topliss-reactive ketones (excluding diaryl/α,β-unsaturated/α-hetero) is 1. The third-order valence-corrected chi connectivity index (χ3v) is 3.54. The highest BCUT2D eigenvalue weighted by atomic mass is 19.4. The monoisotopic (exact) mass is 366 g/mol. The van der Waals surface area contributed by atoms with Gasteiger partial charge < -0.3 is 9.47 Å². The maximum Gasteiger partial charge on any atom is 0.417 e. The van der Waals surface area contributed by atoms with Crippen LogP contribution < -0.4 is 4.74 Å². The molecule has 0 atom stereocenters. The lowest BCUT2D eigenvalue weighted by Gasteiger charge is -2.17. The molecule has 0 aliphatic rings. The lowest BCUT2D eigenvalue weighted by atomic mass is 9.99. The summed E-state index contributed by atoms with van der Waals surface area (Å²) in [6.07, 6.45) is -4.76. The van der Waals surface area contributed by atoms with E-state index in [9.17, 15) is 22.8 Å². The van der Waals surface area contributed by atoms with E-state index >= 15 is 0 Å². The average molecular weight is 366 g/mol. The van der Waals surface area contributed by atoms with Crippen LogP contribution in [0.1, 0.15) is 45.7 Å². The van der Waals surface area contributed by atoms with Gasteiger partial charge in [0.05, 0.1) is 12.2 Å². The van der Waals surface area contributed by atoms with Crippen LogP contribution in [0.4, 0.5) is 13.2 Å². The predicted molar refractivity (Wildman–Crippen MR) is 88.2 cm³/mol. The van der Waals surface area contributed by atoms with Gasteiger partial charge in [-0.3, -0.25) is 4.79 Å². The number of esters is 1. The van der Waals surface area contributed by atoms with Gasteiger partial charge in [0, 0.05) is 5.56 Å². The standard InChI is InChI=1S/C19H17F3O4/c1-3-25-18(24)15-9-14(12(2)23)16(19(20,21)22)10-17(15)26-11-13-7-5-4-6-8-13/h4-10H,3,11H2,1-2H3. The first kappa shape index (κ1) is 19.5. The minimum absolute atomic E-state index is 0.0351. The van der Waals surface area contributed by atoms with Crippen LogP contribution in [-0.2, 0) is 17.5 Å². The van der Waals surface area contributed by atoms with Crippen molar-refractivity contribution in [2.24, 2.45) is 0 Å². The van der Waals surface area contributed by atoms with E-state index in [-0.39, 0.29) is 24.5 Å². The van der Waals surface area contributed by atoms with Crippen molar-refractivity contribution in [3.05, 3.63) is 64.7 Å². The van der Waals surface area contributed by atoms with E-state index in [4.69, 9.17) is 9.47 Å². The maximum atomic E-state index is 13.3. The summed E-state index contributed by atoms with van der Waals surface area (Å²) in [4.78, 5) is 23.8. The smallest absolute Gasteiger partial charge is 0.417 e. The first-order chi connectivity index (χ1) is 12.2. The van der Waals surface area contributed by atoms with Crippen LogP contribution in [0, 0.1) is 0 Å². The number of carbonyl (C=O) groups excluding carboxylic acids is 2. The van der Waals surface area contributed by atoms with E-state index < -0.39 is 29.1 Å². The second kappa shape index (κ2) is 8.03. The number of ether oxygens (including phenoxy) is 2. The van der Waals surface area contributed by atoms with Crippen LogP contribution in [-0.4, -0.2) is 18.4 Å². The summed E-state index contributed by atoms with van der Waals surface area (Å²) in [5.41, 5.74) is -1.26. The summed E-state index contributed by atoms with van der Waals surface area (Å²) in [5.74, 6) is -1.95. The third-order valence-electron chi connectivity index (χ3n) is 3.54. The molecule has 0 radical (unpaired) electrons. The highest BCUT2D eigenvalue weighted by molar-refractivity contribution is 6.00. The topological polar surface area (TPSA) is 52.6 Å². The molecular formula is C19H17F3O4. The Morgan fingerprint density at radius 1 is 1.04 bits per heavy atom. The number of benzene rings is 2. The summed E-state index contributed by atoms with van der Waals surface area (Å²) < 4.78 is 50.2. The van der Waals surface area contributed by atoms with E-state index in [1.807, 2.05) is 0 Å². The molecular weight excluding hydrogens is 349 g/mol. The molecule has 0 saturated heterocycles. The van der Waals surface area contributed by atoms with Crippen molar-refractivity contribution in [2.45, 2.75) is 26.6 Å². The fourth-order valence-electron chi connectivity index (χ4n) is 2.33. The third kappa shape index (κ3) is 4.62. The SMILES string of the molecule is CCOC(=O)c1cc(C(C)=O)c(C(F)(F)F)cc1OCc1ccccc1. The second-order valence-electron chi connectivity index (χ2n) is 5.44. The minimum Gasteiger partial charge on any atom is -0.488 e. The first-order valence-corrected chi connectivity index (χ1v) is 7.84. The second-order valence-corrected chi connectivity index (χ2v) is 5.44. The number of carbonyl (C=O) groups is 2. The predicted octanol–water partition coefficient (Wildman–Crippen LogP) is 4.66. The van der Waals surface area contributed by atoms with Gasteiger partial charge in [-0.15, -0.1) is 0 Å². The normalized spacial score (nSPS) is 11.1. The zero-order chi connectivity index (χ0) is 19.3. The lowest BCUT2D eigenvalue weighted by molar-refractivity contribution is -0.138. The van der Waals surface area contributed by atoms with Crippen molar-refractivity contribution in [3.63, 3.8) is 0 Å². The molecule has 0 aliphatic carbocycles. The van der Waals surface area contributed by atoms with Gasteiger partial charge in [-0.1, -0.05) is 30.3 Å². The van der Waals surface area contributed by atoms with E-state index in [0.29, 0.717) is 11.6 Å². The van der Waals surface area contributed by atoms with Crippen molar-refractivity contribution in [3.8, 4) is 5.75 Å². The van der Waals surface area contributed by atoms with Gasteiger partial charge in [-0.05, 0) is 31.5 Å². The van der Waals surface area contributed by atoms with Crippen molar-refractivity contribution < 1.29 is 32.2 Å². The van der Waals surface area contributed by atoms with E-state index in [0.717, 1.165) is 13.0 Å². The largest absolute Gasteiger partial charge is 0.488 e. The Balaban J connectivity index is 2.51. The summed E-state index contributed by atoms with van der Waals surface area (Å²) >= 11 is 0. The zero-order valence-corrected chi connectivity index (χ0v) is 14.2. The van der Waals surface area contributed by atoms with Gasteiger partial charge in [-0.2, -0.15) is 13.2 Å². The van der Waals surface area contributed by atoms with Crippen LogP contribution in [0.5, 0.6) is 5.75 Å². The quantitative estimate of drug-likeness (QED) is 0.551. The number of rotatable bonds is 6. The molecule has 0 amide bonds. The molecule has 2 rings (SSSR count). The molecule has 0 unspecified atom stereocenters. The highest BCUT2D eigenvalue weighted by Crippen LogP contribution is 2.37. The Morgan fingerprint density at radius 2 is 1.69 bits per heavy atom. The van der Waals surface area contributed by atoms with Crippen LogP contribution in [0.25, 0.3) is 0 Å². The molecule has 0 saturated carbocycles. The van der Waals surface area contributed by atoms with Gasteiger partial charge in [0.15, 0.2) is 5.78 Å². The molecule has 0 fully saturated rings. The zero-order valence-electron chi connectivity index (χ0n) is 14.2. The molecule has 0 N–H and O–H groups in total. The number of hydrogen-bond donors (Lipinski definition) is 0. The highest BCUT2D eigenvalue weighted by Gasteiger charge is 2.36. The van der Waals surface area contributed by atoms with Crippen molar-refractivity contribution >= 4 is 11.8 Å². The fourth-order valence-corrected chi connectivity index (χ4v) is 2.33. The molecule has 0 heterocycles. The van der Waals surface area contributed by atoms with Crippen molar-refractivity contribution in [1.82, 2.24) is 0 Å². The van der Waals surface area contributed by atoms with Gasteiger partial charge in [0.2, 0.25) is 0 Å². The first-order valence-electron chi connectivity index (χ1n) is 7.84. The average Bonchev–Trinajstić information content (AvgIpc) is 2.59. The number of halogens is 3. The van der Waals surface area contributed by atoms with Crippen LogP contribution in [0.2, 0.25) is 0 Å². The van der Waals surface area contributed by atoms with Gasteiger partial charge in [0.1, 0.15) is 17.9 Å². The number of hydrogen-bond acceptors (Lipinski definition) is 4. The Labute approximate surface area is 148 Å². The van der Waals surface area contributed by atoms with Crippen LogP contribution in [0.15, 0.2) is 42.5 Å². The van der Waals surface area contributed by atoms with Crippen LogP contribution >= 0.6 is 0 Å². The van der Waals surface area contributed by atoms with E-state index in [2.05, 4.69) is 0 Å². The summed E-state index contributed by atoms with van der Waals surface area (Å²) in [5, 5.41) is 0. The molecule has 0 spiro atoms. The Morgan fingerprint density at radius 3 is 2.23 bits per heavy atom. The molecule has 2 aromatic carbocycles. The minimum atomic E-state index is -4.76. The molecule has 0 aromatic heterocycles. The fraction of sp³-hybridized carbons (Fsp3) is 0.263. The van der Waals surface area contributed by atoms with Gasteiger partial charge >= 0.3 is 12.1 Å². The number of alkyl halides is 3. The van der Waals surface area contributed by atoms with Crippen LogP contribution in [0.3, 0.4) is 0 Å². The molecule has 7 heteroatoms. The molecule has 26 heavy (non-hydrogen) atoms. The molecule has 138 valence electrons. The summed E-state index contributed by atoms with van der Waals surface area (Å²) in [6.45, 7) is 2.57. The Kier molecular flexibility index (Phi) is 6.02.